The topological polar surface area (TPSA) is 67.6 Å². The van der Waals surface area contributed by atoms with Crippen molar-refractivity contribution in [2.24, 2.45) is 10.8 Å². The van der Waals surface area contributed by atoms with Crippen LogP contribution in [0.1, 0.15) is 43.0 Å². The number of amides is 1. The van der Waals surface area contributed by atoms with Gasteiger partial charge in [-0.3, -0.25) is 9.69 Å². The average molecular weight is 464 g/mol. The fourth-order valence-corrected chi connectivity index (χ4v) is 4.66. The maximum Gasteiger partial charge on any atom is 0.255 e. The molecule has 5 rings (SSSR count). The van der Waals surface area contributed by atoms with Crippen molar-refractivity contribution in [3.8, 4) is 5.75 Å². The molecular formula is C24H31Cl2N3O2. The summed E-state index contributed by atoms with van der Waals surface area (Å²) in [5.74, 6) is 0.647. The standard InChI is InChI=1S/C24H29N3O2.2ClH/c1-23(10-11-23)24(12-13-24)16-27-14-19(15-27)29-18-8-6-17(7-9-18)22(28)26-21-5-3-2-4-20(21)25;;/h2-9,19H,10-16,25H2,1H3,(H,26,28);2*1H. The SMILES string of the molecule is CC1(C2(CN3CC(Oc4ccc(C(=O)Nc5ccccc5N)cc4)C3)CC2)CC1.Cl.Cl. The number of nitrogens with one attached hydrogen (secondary N) is 1. The molecule has 1 saturated heterocycles. The number of benzene rings is 2. The summed E-state index contributed by atoms with van der Waals surface area (Å²) in [7, 11) is 0. The van der Waals surface area contributed by atoms with Gasteiger partial charge in [0.25, 0.3) is 5.91 Å². The van der Waals surface area contributed by atoms with Crippen LogP contribution in [0.2, 0.25) is 0 Å². The first kappa shape index (κ1) is 23.7. The Morgan fingerprint density at radius 2 is 1.71 bits per heavy atom. The highest BCUT2D eigenvalue weighted by Crippen LogP contribution is 2.70. The maximum absolute atomic E-state index is 12.4. The summed E-state index contributed by atoms with van der Waals surface area (Å²) >= 11 is 0. The number of hydrogen-bond acceptors (Lipinski definition) is 4. The van der Waals surface area contributed by atoms with E-state index in [-0.39, 0.29) is 36.8 Å². The quantitative estimate of drug-likeness (QED) is 0.566. The van der Waals surface area contributed by atoms with Crippen LogP contribution in [0.3, 0.4) is 0 Å². The van der Waals surface area contributed by atoms with E-state index in [1.807, 2.05) is 24.3 Å². The third-order valence-electron chi connectivity index (χ3n) is 7.21. The molecule has 2 aromatic carbocycles. The van der Waals surface area contributed by atoms with E-state index < -0.39 is 0 Å². The van der Waals surface area contributed by atoms with Gasteiger partial charge in [-0.2, -0.15) is 0 Å². The third kappa shape index (κ3) is 4.79. The Labute approximate surface area is 196 Å². The molecule has 0 atom stereocenters. The van der Waals surface area contributed by atoms with Gasteiger partial charge in [-0.05, 0) is 72.9 Å². The number of para-hydroxylation sites is 2. The Hall–Kier alpha value is -1.95. The lowest BCUT2D eigenvalue weighted by molar-refractivity contribution is -0.00154. The Balaban J connectivity index is 0.00000136. The lowest BCUT2D eigenvalue weighted by atomic mass is 9.86. The zero-order valence-electron chi connectivity index (χ0n) is 17.8. The number of anilines is 2. The normalized spacial score (nSPS) is 20.4. The van der Waals surface area contributed by atoms with E-state index in [4.69, 9.17) is 10.5 Å². The highest BCUT2D eigenvalue weighted by atomic mass is 35.5. The highest BCUT2D eigenvalue weighted by Gasteiger charge is 2.63. The average Bonchev–Trinajstić information content (AvgIpc) is 3.60. The fraction of sp³-hybridized carbons (Fsp3) is 0.458. The minimum absolute atomic E-state index is 0. The van der Waals surface area contributed by atoms with E-state index in [1.54, 1.807) is 24.3 Å². The summed E-state index contributed by atoms with van der Waals surface area (Å²) in [5, 5.41) is 2.85. The van der Waals surface area contributed by atoms with Gasteiger partial charge in [0, 0.05) is 25.2 Å². The van der Waals surface area contributed by atoms with Gasteiger partial charge in [0.1, 0.15) is 11.9 Å². The maximum atomic E-state index is 12.4. The van der Waals surface area contributed by atoms with Gasteiger partial charge in [0.15, 0.2) is 0 Å². The highest BCUT2D eigenvalue weighted by molar-refractivity contribution is 6.05. The first-order valence-corrected chi connectivity index (χ1v) is 10.6. The van der Waals surface area contributed by atoms with Crippen molar-refractivity contribution in [3.05, 3.63) is 54.1 Å². The number of likely N-dealkylation sites (tertiary alicyclic amines) is 1. The Bertz CT molecular complexity index is 921. The van der Waals surface area contributed by atoms with E-state index in [2.05, 4.69) is 17.1 Å². The zero-order chi connectivity index (χ0) is 20.1. The van der Waals surface area contributed by atoms with Crippen LogP contribution >= 0.6 is 24.8 Å². The van der Waals surface area contributed by atoms with E-state index in [0.717, 1.165) is 18.8 Å². The molecule has 0 radical (unpaired) electrons. The second-order valence-electron chi connectivity index (χ2n) is 9.34. The van der Waals surface area contributed by atoms with Gasteiger partial charge < -0.3 is 15.8 Å². The third-order valence-corrected chi connectivity index (χ3v) is 7.21. The molecular weight excluding hydrogens is 433 g/mol. The van der Waals surface area contributed by atoms with Crippen LogP contribution in [0.25, 0.3) is 0 Å². The number of carbonyl (C=O) groups is 1. The van der Waals surface area contributed by atoms with Crippen molar-refractivity contribution in [2.45, 2.75) is 38.7 Å². The van der Waals surface area contributed by atoms with E-state index in [0.29, 0.717) is 27.8 Å². The Kier molecular flexibility index (Phi) is 6.80. The number of hydrogen-bond donors (Lipinski definition) is 2. The van der Waals surface area contributed by atoms with E-state index in [9.17, 15) is 4.79 Å². The van der Waals surface area contributed by atoms with Crippen molar-refractivity contribution in [1.29, 1.82) is 0 Å². The first-order valence-electron chi connectivity index (χ1n) is 10.6. The minimum atomic E-state index is -0.174. The van der Waals surface area contributed by atoms with Crippen LogP contribution in [-0.2, 0) is 0 Å². The molecule has 0 aromatic heterocycles. The lowest BCUT2D eigenvalue weighted by Crippen LogP contribution is -2.55. The molecule has 2 aromatic rings. The largest absolute Gasteiger partial charge is 0.488 e. The predicted molar refractivity (Wildman–Crippen MR) is 130 cm³/mol. The molecule has 0 spiro atoms. The van der Waals surface area contributed by atoms with Gasteiger partial charge in [-0.25, -0.2) is 0 Å². The molecule has 0 unspecified atom stereocenters. The molecule has 0 bridgehead atoms. The van der Waals surface area contributed by atoms with Gasteiger partial charge in [0.05, 0.1) is 11.4 Å². The van der Waals surface area contributed by atoms with Crippen molar-refractivity contribution in [2.75, 3.05) is 30.7 Å². The number of nitrogen functional groups attached to an aromatic ring is 1. The van der Waals surface area contributed by atoms with Crippen molar-refractivity contribution >= 4 is 42.1 Å². The second-order valence-corrected chi connectivity index (χ2v) is 9.34. The summed E-state index contributed by atoms with van der Waals surface area (Å²) in [6, 6.07) is 14.6. The minimum Gasteiger partial charge on any atom is -0.488 e. The van der Waals surface area contributed by atoms with Crippen LogP contribution < -0.4 is 15.8 Å². The van der Waals surface area contributed by atoms with E-state index in [1.165, 1.54) is 32.2 Å². The van der Waals surface area contributed by atoms with Crippen LogP contribution in [0.5, 0.6) is 5.75 Å². The molecule has 3 N–H and O–H groups in total. The van der Waals surface area contributed by atoms with Crippen LogP contribution in [-0.4, -0.2) is 36.5 Å². The predicted octanol–water partition coefficient (Wildman–Crippen LogP) is 5.01. The molecule has 31 heavy (non-hydrogen) atoms. The first-order chi connectivity index (χ1) is 14.0. The number of nitrogens with two attached hydrogens (primary N) is 1. The van der Waals surface area contributed by atoms with Gasteiger partial charge in [-0.15, -0.1) is 24.8 Å². The van der Waals surface area contributed by atoms with Crippen LogP contribution in [0.4, 0.5) is 11.4 Å². The van der Waals surface area contributed by atoms with Crippen molar-refractivity contribution in [3.63, 3.8) is 0 Å². The molecule has 1 heterocycles. The summed E-state index contributed by atoms with van der Waals surface area (Å²) in [6.07, 6.45) is 5.89. The molecule has 7 heteroatoms. The zero-order valence-corrected chi connectivity index (χ0v) is 19.4. The lowest BCUT2D eigenvalue weighted by Gasteiger charge is -2.42. The Morgan fingerprint density at radius 1 is 1.06 bits per heavy atom. The number of ether oxygens (including phenoxy) is 1. The molecule has 5 nitrogen and oxygen atoms in total. The van der Waals surface area contributed by atoms with E-state index >= 15 is 0 Å². The molecule has 3 fully saturated rings. The van der Waals surface area contributed by atoms with Gasteiger partial charge >= 0.3 is 0 Å². The molecule has 168 valence electrons. The molecule has 1 amide bonds. The number of carbonyl (C=O) groups excluding carboxylic acids is 1. The van der Waals surface area contributed by atoms with Gasteiger partial charge in [0.2, 0.25) is 0 Å². The van der Waals surface area contributed by atoms with Crippen LogP contribution in [0, 0.1) is 10.8 Å². The fourth-order valence-electron chi connectivity index (χ4n) is 4.66. The summed E-state index contributed by atoms with van der Waals surface area (Å²) in [4.78, 5) is 15.0. The smallest absolute Gasteiger partial charge is 0.255 e. The van der Waals surface area contributed by atoms with Gasteiger partial charge in [-0.1, -0.05) is 19.1 Å². The molecule has 2 saturated carbocycles. The summed E-state index contributed by atoms with van der Waals surface area (Å²) in [5.41, 5.74) is 8.89. The molecule has 3 aliphatic rings. The second kappa shape index (κ2) is 8.89. The summed E-state index contributed by atoms with van der Waals surface area (Å²) in [6.45, 7) is 5.73. The molecule has 2 aliphatic carbocycles. The Morgan fingerprint density at radius 3 is 2.29 bits per heavy atom. The molecule has 1 aliphatic heterocycles. The summed E-state index contributed by atoms with van der Waals surface area (Å²) < 4.78 is 6.10. The number of rotatable bonds is 7. The van der Waals surface area contributed by atoms with Crippen LogP contribution in [0.15, 0.2) is 48.5 Å². The number of nitrogens with zero attached hydrogens (tertiary/aromatic N) is 1. The van der Waals surface area contributed by atoms with Crippen molar-refractivity contribution in [1.82, 2.24) is 4.90 Å². The number of halogens is 2. The monoisotopic (exact) mass is 463 g/mol. The van der Waals surface area contributed by atoms with Crippen molar-refractivity contribution < 1.29 is 9.53 Å².